The molecule has 0 amide bonds. The van der Waals surface area contributed by atoms with Gasteiger partial charge in [0.15, 0.2) is 0 Å². The molecule has 0 unspecified atom stereocenters. The number of halogens is 1. The normalized spacial score (nSPS) is 23.6. The summed E-state index contributed by atoms with van der Waals surface area (Å²) < 4.78 is 0. The van der Waals surface area contributed by atoms with Gasteiger partial charge < -0.3 is 0 Å². The summed E-state index contributed by atoms with van der Waals surface area (Å²) >= 11 is 2.41. The summed E-state index contributed by atoms with van der Waals surface area (Å²) in [7, 11) is 2.00. The molecule has 1 fully saturated rings. The Morgan fingerprint density at radius 2 is 1.86 bits per heavy atom. The van der Waals surface area contributed by atoms with Crippen molar-refractivity contribution in [2.45, 2.75) is 30.9 Å². The van der Waals surface area contributed by atoms with Crippen LogP contribution in [-0.4, -0.2) is 5.25 Å². The van der Waals surface area contributed by atoms with E-state index in [2.05, 4.69) is 21.2 Å². The molecular weight excluding hydrogens is 219 g/mol. The summed E-state index contributed by atoms with van der Waals surface area (Å²) in [4.78, 5) is 0. The van der Waals surface area contributed by atoms with E-state index in [1.54, 1.807) is 0 Å². The van der Waals surface area contributed by atoms with Gasteiger partial charge in [-0.2, -0.15) is 0 Å². The lowest BCUT2D eigenvalue weighted by atomic mass is 10.4. The number of hydrogen-bond acceptors (Lipinski definition) is 1. The van der Waals surface area contributed by atoms with Crippen molar-refractivity contribution in [1.82, 2.24) is 0 Å². The van der Waals surface area contributed by atoms with Crippen LogP contribution in [0.5, 0.6) is 0 Å². The van der Waals surface area contributed by atoms with Gasteiger partial charge in [0.1, 0.15) is 0 Å². The molecule has 0 aromatic rings. The van der Waals surface area contributed by atoms with E-state index in [4.69, 9.17) is 0 Å². The second-order valence-corrected chi connectivity index (χ2v) is 4.37. The van der Waals surface area contributed by atoms with Gasteiger partial charge in [-0.3, -0.25) is 0 Å². The molecule has 2 heteroatoms. The Labute approximate surface area is 61.0 Å². The minimum absolute atomic E-state index is 1.00. The lowest BCUT2D eigenvalue weighted by Crippen LogP contribution is -1.86. The van der Waals surface area contributed by atoms with Crippen LogP contribution in [-0.2, 0) is 0 Å². The summed E-state index contributed by atoms with van der Waals surface area (Å²) in [6.07, 6.45) is 5.88. The fourth-order valence-corrected chi connectivity index (χ4v) is 3.01. The number of rotatable bonds is 1. The van der Waals surface area contributed by atoms with Crippen LogP contribution < -0.4 is 0 Å². The zero-order chi connectivity index (χ0) is 5.11. The first-order chi connectivity index (χ1) is 3.43. The highest BCUT2D eigenvalue weighted by molar-refractivity contribution is 14.2. The van der Waals surface area contributed by atoms with Crippen molar-refractivity contribution < 1.29 is 0 Å². The molecule has 1 aliphatic carbocycles. The highest BCUT2D eigenvalue weighted by Crippen LogP contribution is 2.33. The van der Waals surface area contributed by atoms with Gasteiger partial charge in [0.2, 0.25) is 0 Å². The zero-order valence-electron chi connectivity index (χ0n) is 4.19. The van der Waals surface area contributed by atoms with Gasteiger partial charge >= 0.3 is 0 Å². The maximum Gasteiger partial charge on any atom is 0.0148 e. The molecule has 0 atom stereocenters. The predicted molar refractivity (Wildman–Crippen MR) is 43.9 cm³/mol. The third-order valence-corrected chi connectivity index (χ3v) is 4.31. The van der Waals surface area contributed by atoms with Crippen LogP contribution in [0.3, 0.4) is 0 Å². The van der Waals surface area contributed by atoms with E-state index in [-0.39, 0.29) is 0 Å². The monoisotopic (exact) mass is 228 g/mol. The molecular formula is C5H9IS. The lowest BCUT2D eigenvalue weighted by molar-refractivity contribution is 0.886. The molecule has 1 aliphatic rings. The molecule has 1 rings (SSSR count). The van der Waals surface area contributed by atoms with Gasteiger partial charge in [-0.25, -0.2) is 0 Å². The third-order valence-electron chi connectivity index (χ3n) is 1.43. The molecule has 0 spiro atoms. The molecule has 0 N–H and O–H groups in total. The zero-order valence-corrected chi connectivity index (χ0v) is 7.17. The van der Waals surface area contributed by atoms with Crippen molar-refractivity contribution in [2.24, 2.45) is 0 Å². The Morgan fingerprint density at radius 3 is 2.14 bits per heavy atom. The van der Waals surface area contributed by atoms with Gasteiger partial charge in [0.05, 0.1) is 0 Å². The standard InChI is InChI=1S/C5H9IS/c6-7-5-3-1-2-4-5/h5H,1-4H2. The predicted octanol–water partition coefficient (Wildman–Crippen LogP) is 3.01. The van der Waals surface area contributed by atoms with Crippen LogP contribution in [0.4, 0.5) is 0 Å². The van der Waals surface area contributed by atoms with Crippen molar-refractivity contribution in [3.05, 3.63) is 0 Å². The molecule has 42 valence electrons. The second kappa shape index (κ2) is 3.17. The SMILES string of the molecule is ISC1CCCC1. The van der Waals surface area contributed by atoms with Crippen molar-refractivity contribution in [1.29, 1.82) is 0 Å². The summed E-state index contributed by atoms with van der Waals surface area (Å²) in [6.45, 7) is 0. The molecule has 0 aromatic heterocycles. The van der Waals surface area contributed by atoms with Crippen LogP contribution in [0, 0.1) is 0 Å². The largest absolute Gasteiger partial charge is 0.0860 e. The molecule has 0 saturated heterocycles. The minimum Gasteiger partial charge on any atom is -0.0860 e. The van der Waals surface area contributed by atoms with Gasteiger partial charge in [-0.05, 0) is 34.0 Å². The molecule has 7 heavy (non-hydrogen) atoms. The van der Waals surface area contributed by atoms with Crippen molar-refractivity contribution in [3.8, 4) is 0 Å². The number of hydrogen-bond donors (Lipinski definition) is 0. The highest BCUT2D eigenvalue weighted by Gasteiger charge is 2.12. The van der Waals surface area contributed by atoms with E-state index in [1.165, 1.54) is 25.7 Å². The van der Waals surface area contributed by atoms with Crippen molar-refractivity contribution in [3.63, 3.8) is 0 Å². The van der Waals surface area contributed by atoms with Crippen LogP contribution >= 0.6 is 30.1 Å². The Kier molecular flexibility index (Phi) is 2.81. The van der Waals surface area contributed by atoms with E-state index >= 15 is 0 Å². The van der Waals surface area contributed by atoms with Crippen LogP contribution in [0.2, 0.25) is 0 Å². The smallest absolute Gasteiger partial charge is 0.0148 e. The second-order valence-electron chi connectivity index (χ2n) is 2.00. The molecule has 0 heterocycles. The van der Waals surface area contributed by atoms with Crippen LogP contribution in [0.1, 0.15) is 25.7 Å². The van der Waals surface area contributed by atoms with Crippen molar-refractivity contribution >= 4 is 30.1 Å². The molecule has 0 bridgehead atoms. The van der Waals surface area contributed by atoms with Gasteiger partial charge in [-0.15, -0.1) is 0 Å². The third kappa shape index (κ3) is 1.80. The van der Waals surface area contributed by atoms with Gasteiger partial charge in [0, 0.05) is 5.25 Å². The van der Waals surface area contributed by atoms with Crippen LogP contribution in [0.25, 0.3) is 0 Å². The fourth-order valence-electron chi connectivity index (χ4n) is 0.977. The Bertz CT molecular complexity index is 50.0. The quantitative estimate of drug-likeness (QED) is 0.621. The minimum atomic E-state index is 1.00. The summed E-state index contributed by atoms with van der Waals surface area (Å²) in [5, 5.41) is 1.00. The van der Waals surface area contributed by atoms with E-state index in [1.807, 2.05) is 8.93 Å². The van der Waals surface area contributed by atoms with Gasteiger partial charge in [-0.1, -0.05) is 21.8 Å². The Hall–Kier alpha value is 1.08. The van der Waals surface area contributed by atoms with E-state index in [0.29, 0.717) is 0 Å². The van der Waals surface area contributed by atoms with Gasteiger partial charge in [0.25, 0.3) is 0 Å². The summed E-state index contributed by atoms with van der Waals surface area (Å²) in [5.74, 6) is 0. The molecule has 0 nitrogen and oxygen atoms in total. The molecule has 0 aromatic carbocycles. The average Bonchev–Trinajstić information content (AvgIpc) is 2.14. The van der Waals surface area contributed by atoms with E-state index in [9.17, 15) is 0 Å². The molecule has 0 radical (unpaired) electrons. The first kappa shape index (κ1) is 6.20. The van der Waals surface area contributed by atoms with E-state index < -0.39 is 0 Å². The first-order valence-electron chi connectivity index (χ1n) is 2.71. The Balaban J connectivity index is 2.14. The average molecular weight is 228 g/mol. The topological polar surface area (TPSA) is 0 Å². The summed E-state index contributed by atoms with van der Waals surface area (Å²) in [6, 6.07) is 0. The van der Waals surface area contributed by atoms with E-state index in [0.717, 1.165) is 5.25 Å². The maximum absolute atomic E-state index is 2.41. The molecule has 0 aliphatic heterocycles. The highest BCUT2D eigenvalue weighted by atomic mass is 127. The Morgan fingerprint density at radius 1 is 1.29 bits per heavy atom. The lowest BCUT2D eigenvalue weighted by Gasteiger charge is -1.97. The van der Waals surface area contributed by atoms with Crippen LogP contribution in [0.15, 0.2) is 0 Å². The molecule has 1 saturated carbocycles. The fraction of sp³-hybridized carbons (Fsp3) is 1.00. The summed E-state index contributed by atoms with van der Waals surface area (Å²) in [5.41, 5.74) is 0. The van der Waals surface area contributed by atoms with Crippen molar-refractivity contribution in [2.75, 3.05) is 0 Å². The first-order valence-corrected chi connectivity index (χ1v) is 6.13. The maximum atomic E-state index is 2.41.